The van der Waals surface area contributed by atoms with Gasteiger partial charge in [-0.25, -0.2) is 0 Å². The van der Waals surface area contributed by atoms with Gasteiger partial charge in [0.05, 0.1) is 6.61 Å². The van der Waals surface area contributed by atoms with Gasteiger partial charge in [0.2, 0.25) is 0 Å². The molecule has 4 nitrogen and oxygen atoms in total. The molecule has 2 aliphatic heterocycles. The number of esters is 1. The molecule has 0 aromatic carbocycles. The lowest BCUT2D eigenvalue weighted by Crippen LogP contribution is -2.61. The van der Waals surface area contributed by atoms with Gasteiger partial charge in [0.25, 0.3) is 0 Å². The van der Waals surface area contributed by atoms with Crippen molar-refractivity contribution in [3.05, 3.63) is 0 Å². The molecule has 0 amide bonds. The molecule has 17 heavy (non-hydrogen) atoms. The van der Waals surface area contributed by atoms with Crippen molar-refractivity contribution in [2.45, 2.75) is 44.6 Å². The number of hydrogen-bond acceptors (Lipinski definition) is 4. The van der Waals surface area contributed by atoms with Crippen LogP contribution < -0.4 is 5.32 Å². The van der Waals surface area contributed by atoms with Gasteiger partial charge in [0.15, 0.2) is 0 Å². The zero-order chi connectivity index (χ0) is 12.1. The molecule has 0 unspecified atom stereocenters. The van der Waals surface area contributed by atoms with Gasteiger partial charge in [-0.15, -0.1) is 0 Å². The predicted octanol–water partition coefficient (Wildman–Crippen LogP) is 1.16. The summed E-state index contributed by atoms with van der Waals surface area (Å²) in [5.41, 5.74) is -0.332. The second-order valence-electron chi connectivity index (χ2n) is 5.05. The number of ether oxygens (including phenoxy) is 1. The minimum absolute atomic E-state index is 0.00315. The molecule has 98 valence electrons. The van der Waals surface area contributed by atoms with Crippen molar-refractivity contribution in [3.63, 3.8) is 0 Å². The molecule has 2 saturated heterocycles. The van der Waals surface area contributed by atoms with Crippen LogP contribution in [0.25, 0.3) is 0 Å². The summed E-state index contributed by atoms with van der Waals surface area (Å²) in [6.07, 6.45) is 5.52. The lowest BCUT2D eigenvalue weighted by Gasteiger charge is -2.45. The molecule has 2 rings (SSSR count). The Bertz CT molecular complexity index is 256. The van der Waals surface area contributed by atoms with E-state index in [9.17, 15) is 4.79 Å². The second kappa shape index (κ2) is 5.83. The number of carbonyl (C=O) groups is 1. The highest BCUT2D eigenvalue weighted by Gasteiger charge is 2.46. The number of likely N-dealkylation sites (tertiary alicyclic amines) is 1. The van der Waals surface area contributed by atoms with Crippen LogP contribution in [0.1, 0.15) is 39.0 Å². The summed E-state index contributed by atoms with van der Waals surface area (Å²) < 4.78 is 5.33. The standard InChI is InChI=1S/C13H24N2O2/c1-2-17-12(16)13(6-8-14-9-7-13)15-10-4-3-5-11-15/h14H,2-11H2,1H3. The first-order valence-electron chi connectivity index (χ1n) is 6.92. The Kier molecular flexibility index (Phi) is 4.40. The molecule has 0 aromatic rings. The lowest BCUT2D eigenvalue weighted by molar-refractivity contribution is -0.161. The SMILES string of the molecule is CCOC(=O)C1(N2CCCCC2)CCNCC1. The van der Waals surface area contributed by atoms with Gasteiger partial charge < -0.3 is 10.1 Å². The van der Waals surface area contributed by atoms with Crippen molar-refractivity contribution in [1.82, 2.24) is 10.2 Å². The van der Waals surface area contributed by atoms with Crippen LogP contribution in [0.4, 0.5) is 0 Å². The zero-order valence-corrected chi connectivity index (χ0v) is 10.8. The van der Waals surface area contributed by atoms with Crippen molar-refractivity contribution in [2.75, 3.05) is 32.8 Å². The molecule has 0 aliphatic carbocycles. The Labute approximate surface area is 104 Å². The molecular weight excluding hydrogens is 216 g/mol. The fourth-order valence-electron chi connectivity index (χ4n) is 3.08. The first kappa shape index (κ1) is 12.8. The monoisotopic (exact) mass is 240 g/mol. The van der Waals surface area contributed by atoms with Crippen LogP contribution in [0.15, 0.2) is 0 Å². The van der Waals surface area contributed by atoms with E-state index in [4.69, 9.17) is 4.74 Å². The average Bonchev–Trinajstić information content (AvgIpc) is 2.41. The van der Waals surface area contributed by atoms with Crippen molar-refractivity contribution < 1.29 is 9.53 Å². The molecule has 2 aliphatic rings. The number of nitrogens with one attached hydrogen (secondary N) is 1. The minimum Gasteiger partial charge on any atom is -0.465 e. The van der Waals surface area contributed by atoms with Gasteiger partial charge in [-0.3, -0.25) is 9.69 Å². The molecule has 0 saturated carbocycles. The number of nitrogens with zero attached hydrogens (tertiary/aromatic N) is 1. The van der Waals surface area contributed by atoms with Crippen LogP contribution in [0, 0.1) is 0 Å². The number of carbonyl (C=O) groups excluding carboxylic acids is 1. The average molecular weight is 240 g/mol. The third-order valence-corrected chi connectivity index (χ3v) is 4.05. The summed E-state index contributed by atoms with van der Waals surface area (Å²) in [5.74, 6) is 0.00315. The predicted molar refractivity (Wildman–Crippen MR) is 66.9 cm³/mol. The van der Waals surface area contributed by atoms with Crippen LogP contribution in [0.5, 0.6) is 0 Å². The summed E-state index contributed by atoms with van der Waals surface area (Å²) in [4.78, 5) is 14.7. The molecular formula is C13H24N2O2. The fraction of sp³-hybridized carbons (Fsp3) is 0.923. The van der Waals surface area contributed by atoms with E-state index in [2.05, 4.69) is 10.2 Å². The number of hydrogen-bond donors (Lipinski definition) is 1. The Morgan fingerprint density at radius 2 is 1.88 bits per heavy atom. The maximum atomic E-state index is 12.3. The Morgan fingerprint density at radius 3 is 2.47 bits per heavy atom. The van der Waals surface area contributed by atoms with E-state index in [0.29, 0.717) is 6.61 Å². The van der Waals surface area contributed by atoms with E-state index in [0.717, 1.165) is 39.0 Å². The molecule has 2 heterocycles. The summed E-state index contributed by atoms with van der Waals surface area (Å²) in [6, 6.07) is 0. The van der Waals surface area contributed by atoms with Gasteiger partial charge in [-0.05, 0) is 58.8 Å². The normalized spacial score (nSPS) is 25.5. The first-order valence-corrected chi connectivity index (χ1v) is 6.92. The highest BCUT2D eigenvalue weighted by atomic mass is 16.5. The summed E-state index contributed by atoms with van der Waals surface area (Å²) in [6.45, 7) is 6.34. The van der Waals surface area contributed by atoms with Crippen LogP contribution >= 0.6 is 0 Å². The molecule has 0 bridgehead atoms. The lowest BCUT2D eigenvalue weighted by atomic mass is 9.85. The van der Waals surface area contributed by atoms with E-state index in [1.165, 1.54) is 19.3 Å². The van der Waals surface area contributed by atoms with Crippen LogP contribution in [0.3, 0.4) is 0 Å². The number of rotatable bonds is 3. The summed E-state index contributed by atoms with van der Waals surface area (Å²) in [5, 5.41) is 3.34. The third-order valence-electron chi connectivity index (χ3n) is 4.05. The van der Waals surface area contributed by atoms with Crippen LogP contribution in [-0.2, 0) is 9.53 Å². The van der Waals surface area contributed by atoms with Crippen LogP contribution in [0.2, 0.25) is 0 Å². The van der Waals surface area contributed by atoms with Crippen molar-refractivity contribution in [2.24, 2.45) is 0 Å². The topological polar surface area (TPSA) is 41.6 Å². The minimum atomic E-state index is -0.332. The highest BCUT2D eigenvalue weighted by Crippen LogP contribution is 2.30. The molecule has 0 aromatic heterocycles. The molecule has 2 fully saturated rings. The molecule has 0 atom stereocenters. The van der Waals surface area contributed by atoms with Gasteiger partial charge in [0, 0.05) is 0 Å². The molecule has 0 spiro atoms. The largest absolute Gasteiger partial charge is 0.465 e. The van der Waals surface area contributed by atoms with Gasteiger partial charge in [0.1, 0.15) is 5.54 Å². The van der Waals surface area contributed by atoms with Crippen molar-refractivity contribution in [1.29, 1.82) is 0 Å². The van der Waals surface area contributed by atoms with E-state index in [1.54, 1.807) is 0 Å². The third kappa shape index (κ3) is 2.63. The summed E-state index contributed by atoms with van der Waals surface area (Å²) in [7, 11) is 0. The Morgan fingerprint density at radius 1 is 1.24 bits per heavy atom. The molecule has 0 radical (unpaired) electrons. The smallest absolute Gasteiger partial charge is 0.326 e. The maximum absolute atomic E-state index is 12.3. The van der Waals surface area contributed by atoms with E-state index in [-0.39, 0.29) is 11.5 Å². The van der Waals surface area contributed by atoms with Gasteiger partial charge >= 0.3 is 5.97 Å². The quantitative estimate of drug-likeness (QED) is 0.752. The molecule has 1 N–H and O–H groups in total. The van der Waals surface area contributed by atoms with E-state index >= 15 is 0 Å². The second-order valence-corrected chi connectivity index (χ2v) is 5.05. The van der Waals surface area contributed by atoms with E-state index in [1.807, 2.05) is 6.92 Å². The molecule has 4 heteroatoms. The van der Waals surface area contributed by atoms with Gasteiger partial charge in [-0.2, -0.15) is 0 Å². The van der Waals surface area contributed by atoms with Crippen LogP contribution in [-0.4, -0.2) is 49.2 Å². The zero-order valence-electron chi connectivity index (χ0n) is 10.8. The van der Waals surface area contributed by atoms with E-state index < -0.39 is 0 Å². The van der Waals surface area contributed by atoms with Gasteiger partial charge in [-0.1, -0.05) is 6.42 Å². The van der Waals surface area contributed by atoms with Crippen molar-refractivity contribution >= 4 is 5.97 Å². The first-order chi connectivity index (χ1) is 8.29. The highest BCUT2D eigenvalue weighted by molar-refractivity contribution is 5.81. The number of piperidine rings is 2. The fourth-order valence-corrected chi connectivity index (χ4v) is 3.08. The Balaban J connectivity index is 2.12. The Hall–Kier alpha value is -0.610. The summed E-state index contributed by atoms with van der Waals surface area (Å²) >= 11 is 0. The van der Waals surface area contributed by atoms with Crippen molar-refractivity contribution in [3.8, 4) is 0 Å². The maximum Gasteiger partial charge on any atom is 0.326 e.